The second-order valence-corrected chi connectivity index (χ2v) is 8.03. The van der Waals surface area contributed by atoms with Gasteiger partial charge in [0.25, 0.3) is 5.56 Å². The topological polar surface area (TPSA) is 65.2 Å². The fourth-order valence-corrected chi connectivity index (χ4v) is 4.28. The SMILES string of the molecule is C[C@H]1Cc2[nH]c(=O)c3ccccc3c2[C@H](N(C)C(=O)Nc2ccc(F)c(Cl)c2)C1. The minimum atomic E-state index is -0.538. The van der Waals surface area contributed by atoms with Gasteiger partial charge in [0.05, 0.1) is 11.1 Å². The lowest BCUT2D eigenvalue weighted by Gasteiger charge is -2.36. The van der Waals surface area contributed by atoms with Crippen molar-refractivity contribution in [2.75, 3.05) is 12.4 Å². The maximum Gasteiger partial charge on any atom is 0.322 e. The summed E-state index contributed by atoms with van der Waals surface area (Å²) in [6, 6.07) is 11.0. The minimum absolute atomic E-state index is 0.0503. The fourth-order valence-electron chi connectivity index (χ4n) is 4.10. The molecule has 5 nitrogen and oxygen atoms in total. The van der Waals surface area contributed by atoms with Crippen LogP contribution < -0.4 is 10.9 Å². The van der Waals surface area contributed by atoms with Gasteiger partial charge in [-0.15, -0.1) is 0 Å². The summed E-state index contributed by atoms with van der Waals surface area (Å²) in [6.07, 6.45) is 1.53. The highest BCUT2D eigenvalue weighted by atomic mass is 35.5. The number of carbonyl (C=O) groups excluding carboxylic acids is 1. The van der Waals surface area contributed by atoms with E-state index >= 15 is 0 Å². The largest absolute Gasteiger partial charge is 0.325 e. The summed E-state index contributed by atoms with van der Waals surface area (Å²) in [5.74, 6) is -0.233. The molecule has 2 amide bonds. The third kappa shape index (κ3) is 3.60. The van der Waals surface area contributed by atoms with Crippen molar-refractivity contribution in [3.63, 3.8) is 0 Å². The first-order valence-corrected chi connectivity index (χ1v) is 9.85. The number of benzene rings is 2. The van der Waals surface area contributed by atoms with Gasteiger partial charge in [0.1, 0.15) is 5.82 Å². The van der Waals surface area contributed by atoms with Crippen molar-refractivity contribution >= 4 is 34.1 Å². The van der Waals surface area contributed by atoms with Gasteiger partial charge in [-0.2, -0.15) is 0 Å². The van der Waals surface area contributed by atoms with Crippen molar-refractivity contribution in [3.05, 3.63) is 74.9 Å². The number of H-pyrrole nitrogens is 1. The third-order valence-corrected chi connectivity index (χ3v) is 5.81. The van der Waals surface area contributed by atoms with Crippen LogP contribution in [0, 0.1) is 11.7 Å². The molecule has 2 N–H and O–H groups in total. The lowest BCUT2D eigenvalue weighted by molar-refractivity contribution is 0.189. The van der Waals surface area contributed by atoms with E-state index in [1.165, 1.54) is 18.2 Å². The lowest BCUT2D eigenvalue weighted by Crippen LogP contribution is -2.38. The Morgan fingerprint density at radius 1 is 1.24 bits per heavy atom. The predicted molar refractivity (Wildman–Crippen MR) is 113 cm³/mol. The molecule has 4 rings (SSSR count). The van der Waals surface area contributed by atoms with E-state index in [0.29, 0.717) is 17.0 Å². The molecule has 3 aromatic rings. The van der Waals surface area contributed by atoms with E-state index in [-0.39, 0.29) is 22.7 Å². The van der Waals surface area contributed by atoms with Crippen molar-refractivity contribution in [2.24, 2.45) is 5.92 Å². The van der Waals surface area contributed by atoms with Crippen LogP contribution in [0.4, 0.5) is 14.9 Å². The molecule has 1 heterocycles. The molecule has 0 saturated heterocycles. The highest BCUT2D eigenvalue weighted by Crippen LogP contribution is 2.39. The minimum Gasteiger partial charge on any atom is -0.325 e. The molecule has 0 spiro atoms. The number of urea groups is 1. The summed E-state index contributed by atoms with van der Waals surface area (Å²) >= 11 is 5.82. The van der Waals surface area contributed by atoms with Crippen LogP contribution >= 0.6 is 11.6 Å². The summed E-state index contributed by atoms with van der Waals surface area (Å²) in [5.41, 5.74) is 2.17. The van der Waals surface area contributed by atoms with Gasteiger partial charge in [0, 0.05) is 29.4 Å². The number of hydrogen-bond donors (Lipinski definition) is 2. The van der Waals surface area contributed by atoms with Gasteiger partial charge in [0.15, 0.2) is 0 Å². The Hall–Kier alpha value is -2.86. The zero-order valence-electron chi connectivity index (χ0n) is 16.1. The third-order valence-electron chi connectivity index (χ3n) is 5.52. The van der Waals surface area contributed by atoms with Crippen molar-refractivity contribution in [2.45, 2.75) is 25.8 Å². The number of aromatic nitrogens is 1. The molecule has 1 aromatic heterocycles. The molecule has 0 fully saturated rings. The average molecular weight is 414 g/mol. The van der Waals surface area contributed by atoms with Crippen molar-refractivity contribution in [1.82, 2.24) is 9.88 Å². The van der Waals surface area contributed by atoms with Crippen LogP contribution in [0.2, 0.25) is 5.02 Å². The highest BCUT2D eigenvalue weighted by molar-refractivity contribution is 6.31. The smallest absolute Gasteiger partial charge is 0.322 e. The maximum absolute atomic E-state index is 13.4. The van der Waals surface area contributed by atoms with E-state index in [9.17, 15) is 14.0 Å². The number of nitrogens with zero attached hydrogens (tertiary/aromatic N) is 1. The molecule has 2 atom stereocenters. The summed E-state index contributed by atoms with van der Waals surface area (Å²) in [6.45, 7) is 2.11. The molecule has 0 radical (unpaired) electrons. The Bertz CT molecular complexity index is 1160. The number of carbonyl (C=O) groups is 1. The summed E-state index contributed by atoms with van der Waals surface area (Å²) in [4.78, 5) is 30.1. The second kappa shape index (κ2) is 7.52. The average Bonchev–Trinajstić information content (AvgIpc) is 2.69. The lowest BCUT2D eigenvalue weighted by atomic mass is 9.81. The first-order valence-electron chi connectivity index (χ1n) is 9.47. The highest BCUT2D eigenvalue weighted by Gasteiger charge is 2.32. The Morgan fingerprint density at radius 2 is 1.97 bits per heavy atom. The van der Waals surface area contributed by atoms with Gasteiger partial charge in [-0.1, -0.05) is 36.7 Å². The van der Waals surface area contributed by atoms with Crippen molar-refractivity contribution < 1.29 is 9.18 Å². The zero-order valence-corrected chi connectivity index (χ0v) is 16.9. The van der Waals surface area contributed by atoms with Crippen molar-refractivity contribution in [1.29, 1.82) is 0 Å². The van der Waals surface area contributed by atoms with Crippen LogP contribution in [-0.4, -0.2) is 23.0 Å². The van der Waals surface area contributed by atoms with Gasteiger partial charge >= 0.3 is 6.03 Å². The Morgan fingerprint density at radius 3 is 2.69 bits per heavy atom. The molecule has 0 aliphatic heterocycles. The number of fused-ring (bicyclic) bond motifs is 3. The van der Waals surface area contributed by atoms with E-state index < -0.39 is 5.82 Å². The first kappa shape index (κ1) is 19.5. The predicted octanol–water partition coefficient (Wildman–Crippen LogP) is 5.11. The van der Waals surface area contributed by atoms with Crippen LogP contribution in [0.3, 0.4) is 0 Å². The molecular formula is C22H21ClFN3O2. The summed E-state index contributed by atoms with van der Waals surface area (Å²) < 4.78 is 13.4. The van der Waals surface area contributed by atoms with Gasteiger partial charge in [-0.05, 0) is 48.4 Å². The molecule has 2 aromatic carbocycles. The monoisotopic (exact) mass is 413 g/mol. The number of amides is 2. The fraction of sp³-hybridized carbons (Fsp3) is 0.273. The van der Waals surface area contributed by atoms with E-state index in [1.54, 1.807) is 18.0 Å². The molecule has 0 saturated carbocycles. The molecular weight excluding hydrogens is 393 g/mol. The molecule has 7 heteroatoms. The number of nitrogens with one attached hydrogen (secondary N) is 2. The normalized spacial score (nSPS) is 18.3. The second-order valence-electron chi connectivity index (χ2n) is 7.62. The zero-order chi connectivity index (χ0) is 20.7. The molecule has 29 heavy (non-hydrogen) atoms. The molecule has 0 unspecified atom stereocenters. The van der Waals surface area contributed by atoms with Crippen LogP contribution in [0.5, 0.6) is 0 Å². The van der Waals surface area contributed by atoms with Crippen LogP contribution in [-0.2, 0) is 6.42 Å². The number of rotatable bonds is 2. The molecule has 150 valence electrons. The van der Waals surface area contributed by atoms with Gasteiger partial charge < -0.3 is 15.2 Å². The number of anilines is 1. The first-order chi connectivity index (χ1) is 13.8. The van der Waals surface area contributed by atoms with E-state index in [0.717, 1.165) is 29.5 Å². The summed E-state index contributed by atoms with van der Waals surface area (Å²) in [7, 11) is 1.73. The Labute approximate surface area is 172 Å². The maximum atomic E-state index is 13.4. The number of aromatic amines is 1. The quantitative estimate of drug-likeness (QED) is 0.613. The Kier molecular flexibility index (Phi) is 5.04. The van der Waals surface area contributed by atoms with E-state index in [2.05, 4.69) is 17.2 Å². The molecule has 1 aliphatic rings. The van der Waals surface area contributed by atoms with Gasteiger partial charge in [0.2, 0.25) is 0 Å². The van der Waals surface area contributed by atoms with Crippen LogP contribution in [0.25, 0.3) is 10.8 Å². The number of halogens is 2. The van der Waals surface area contributed by atoms with E-state index in [1.807, 2.05) is 18.2 Å². The van der Waals surface area contributed by atoms with E-state index in [4.69, 9.17) is 11.6 Å². The Balaban J connectivity index is 1.71. The van der Waals surface area contributed by atoms with Gasteiger partial charge in [-0.25, -0.2) is 9.18 Å². The van der Waals surface area contributed by atoms with Crippen molar-refractivity contribution in [3.8, 4) is 0 Å². The van der Waals surface area contributed by atoms with Crippen LogP contribution in [0.15, 0.2) is 47.3 Å². The standard InChI is InChI=1S/C22H21ClFN3O2/c1-12-9-18-20(14-5-3-4-6-15(14)21(28)26-18)19(10-12)27(2)22(29)25-13-7-8-17(24)16(23)11-13/h3-8,11-12,19H,9-10H2,1-2H3,(H,25,29)(H,26,28)/t12-,19+/m0/s1. The molecule has 1 aliphatic carbocycles. The number of pyridine rings is 1. The summed E-state index contributed by atoms with van der Waals surface area (Å²) in [5, 5.41) is 4.21. The van der Waals surface area contributed by atoms with Gasteiger partial charge in [-0.3, -0.25) is 4.79 Å². The number of hydrogen-bond acceptors (Lipinski definition) is 2. The molecule has 0 bridgehead atoms. The van der Waals surface area contributed by atoms with Crippen LogP contribution in [0.1, 0.15) is 30.6 Å².